The molecule has 1 amide bonds. The number of ether oxygens (including phenoxy) is 2. The van der Waals surface area contributed by atoms with Crippen LogP contribution in [-0.2, 0) is 24.3 Å². The van der Waals surface area contributed by atoms with Crippen molar-refractivity contribution < 1.29 is 27.5 Å². The van der Waals surface area contributed by atoms with Gasteiger partial charge < -0.3 is 14.8 Å². The van der Waals surface area contributed by atoms with Gasteiger partial charge in [-0.1, -0.05) is 29.3 Å². The van der Waals surface area contributed by atoms with E-state index in [4.69, 9.17) is 21.1 Å². The first-order valence-corrected chi connectivity index (χ1v) is 10.4. The number of carbonyl (C=O) groups is 2. The fourth-order valence-corrected chi connectivity index (χ4v) is 3.40. The number of halogens is 1. The Bertz CT molecular complexity index is 992. The van der Waals surface area contributed by atoms with Crippen LogP contribution in [0.4, 0.5) is 5.69 Å². The first-order chi connectivity index (χ1) is 13.6. The van der Waals surface area contributed by atoms with Gasteiger partial charge in [0.2, 0.25) is 10.0 Å². The van der Waals surface area contributed by atoms with E-state index in [-0.39, 0.29) is 4.90 Å². The molecule has 0 aliphatic rings. The summed E-state index contributed by atoms with van der Waals surface area (Å²) in [7, 11) is -2.44. The molecular formula is C19H21ClN2O6S. The highest BCUT2D eigenvalue weighted by atomic mass is 35.5. The lowest BCUT2D eigenvalue weighted by molar-refractivity contribution is -0.151. The zero-order chi connectivity index (χ0) is 21.6. The monoisotopic (exact) mass is 440 g/mol. The van der Waals surface area contributed by atoms with E-state index in [0.717, 1.165) is 5.56 Å². The van der Waals surface area contributed by atoms with Crippen molar-refractivity contribution in [2.24, 2.45) is 0 Å². The Morgan fingerprint density at radius 3 is 2.41 bits per heavy atom. The molecule has 2 aromatic carbocycles. The van der Waals surface area contributed by atoms with Gasteiger partial charge in [0, 0.05) is 5.02 Å². The first kappa shape index (κ1) is 22.7. The number of amides is 1. The maximum atomic E-state index is 12.3. The van der Waals surface area contributed by atoms with Crippen LogP contribution in [0.3, 0.4) is 0 Å². The Morgan fingerprint density at radius 1 is 1.14 bits per heavy atom. The second kappa shape index (κ2) is 9.73. The average molecular weight is 441 g/mol. The number of nitrogens with one attached hydrogen (secondary N) is 2. The molecule has 0 aliphatic carbocycles. The van der Waals surface area contributed by atoms with Crippen molar-refractivity contribution in [2.75, 3.05) is 19.0 Å². The topological polar surface area (TPSA) is 111 Å². The fraction of sp³-hybridized carbons (Fsp3) is 0.263. The lowest BCUT2D eigenvalue weighted by Crippen LogP contribution is -2.35. The zero-order valence-corrected chi connectivity index (χ0v) is 17.6. The van der Waals surface area contributed by atoms with Gasteiger partial charge in [0.1, 0.15) is 12.3 Å². The lowest BCUT2D eigenvalue weighted by atomic mass is 10.2. The van der Waals surface area contributed by atoms with E-state index < -0.39 is 34.5 Å². The number of benzene rings is 2. The normalized spacial score (nSPS) is 12.1. The zero-order valence-electron chi connectivity index (χ0n) is 16.1. The number of anilines is 1. The van der Waals surface area contributed by atoms with Gasteiger partial charge >= 0.3 is 5.97 Å². The minimum atomic E-state index is -3.87. The predicted molar refractivity (Wildman–Crippen MR) is 109 cm³/mol. The number of rotatable bonds is 8. The molecule has 0 radical (unpaired) electrons. The molecule has 0 fully saturated rings. The Hall–Kier alpha value is -2.62. The molecule has 0 unspecified atom stereocenters. The third-order valence-corrected chi connectivity index (χ3v) is 5.49. The number of hydrogen-bond acceptors (Lipinski definition) is 6. The van der Waals surface area contributed by atoms with E-state index in [1.54, 1.807) is 24.3 Å². The molecule has 0 saturated heterocycles. The van der Waals surface area contributed by atoms with E-state index in [1.807, 2.05) is 6.92 Å². The van der Waals surface area contributed by atoms with Crippen molar-refractivity contribution in [3.63, 3.8) is 0 Å². The van der Waals surface area contributed by atoms with Crippen molar-refractivity contribution in [1.82, 2.24) is 4.72 Å². The SMILES string of the molecule is COc1ccc(Cl)cc1NC(=O)[C@H](C)OC(=O)CNS(=O)(=O)c1ccc(C)cc1. The quantitative estimate of drug-likeness (QED) is 0.610. The molecule has 2 aromatic rings. The van der Waals surface area contributed by atoms with Gasteiger partial charge in [0.25, 0.3) is 5.91 Å². The molecule has 10 heteroatoms. The summed E-state index contributed by atoms with van der Waals surface area (Å²) < 4.78 is 36.6. The molecule has 0 saturated carbocycles. The van der Waals surface area contributed by atoms with Gasteiger partial charge in [-0.25, -0.2) is 8.42 Å². The van der Waals surface area contributed by atoms with Crippen LogP contribution in [0.5, 0.6) is 5.75 Å². The molecule has 1 atom stereocenters. The van der Waals surface area contributed by atoms with E-state index in [9.17, 15) is 18.0 Å². The second-order valence-corrected chi connectivity index (χ2v) is 8.31. The molecule has 0 bridgehead atoms. The summed E-state index contributed by atoms with van der Waals surface area (Å²) >= 11 is 5.91. The maximum Gasteiger partial charge on any atom is 0.321 e. The van der Waals surface area contributed by atoms with E-state index in [2.05, 4.69) is 10.0 Å². The van der Waals surface area contributed by atoms with Crippen LogP contribution in [-0.4, -0.2) is 40.1 Å². The summed E-state index contributed by atoms with van der Waals surface area (Å²) in [4.78, 5) is 24.2. The Kier molecular flexibility index (Phi) is 7.60. The van der Waals surface area contributed by atoms with Crippen LogP contribution in [0.2, 0.25) is 5.02 Å². The van der Waals surface area contributed by atoms with Crippen LogP contribution >= 0.6 is 11.6 Å². The van der Waals surface area contributed by atoms with Gasteiger partial charge in [0.15, 0.2) is 6.10 Å². The minimum Gasteiger partial charge on any atom is -0.495 e. The molecule has 156 valence electrons. The molecule has 2 N–H and O–H groups in total. The number of esters is 1. The summed E-state index contributed by atoms with van der Waals surface area (Å²) in [6, 6.07) is 10.8. The Morgan fingerprint density at radius 2 is 1.79 bits per heavy atom. The van der Waals surface area contributed by atoms with Gasteiger partial charge in [-0.05, 0) is 44.2 Å². The molecule has 0 aliphatic heterocycles. The highest BCUT2D eigenvalue weighted by Gasteiger charge is 2.21. The van der Waals surface area contributed by atoms with Crippen LogP contribution in [0.25, 0.3) is 0 Å². The molecule has 0 aromatic heterocycles. The largest absolute Gasteiger partial charge is 0.495 e. The van der Waals surface area contributed by atoms with Crippen LogP contribution in [0.1, 0.15) is 12.5 Å². The first-order valence-electron chi connectivity index (χ1n) is 8.52. The van der Waals surface area contributed by atoms with Crippen molar-refractivity contribution in [3.8, 4) is 5.75 Å². The smallest absolute Gasteiger partial charge is 0.321 e. The van der Waals surface area contributed by atoms with Crippen molar-refractivity contribution in [2.45, 2.75) is 24.8 Å². The van der Waals surface area contributed by atoms with Gasteiger partial charge in [-0.3, -0.25) is 9.59 Å². The maximum absolute atomic E-state index is 12.3. The molecule has 2 rings (SSSR count). The number of sulfonamides is 1. The predicted octanol–water partition coefficient (Wildman–Crippen LogP) is 2.51. The van der Waals surface area contributed by atoms with Crippen LogP contribution in [0.15, 0.2) is 47.4 Å². The average Bonchev–Trinajstić information content (AvgIpc) is 2.67. The Labute approximate surface area is 174 Å². The third kappa shape index (κ3) is 6.45. The Balaban J connectivity index is 1.92. The number of aryl methyl sites for hydroxylation is 1. The van der Waals surface area contributed by atoms with Crippen molar-refractivity contribution in [1.29, 1.82) is 0 Å². The summed E-state index contributed by atoms with van der Waals surface area (Å²) in [5.74, 6) is -1.14. The summed E-state index contributed by atoms with van der Waals surface area (Å²) in [5, 5.41) is 2.93. The van der Waals surface area contributed by atoms with Crippen LogP contribution in [0, 0.1) is 6.92 Å². The van der Waals surface area contributed by atoms with Crippen LogP contribution < -0.4 is 14.8 Å². The van der Waals surface area contributed by atoms with Gasteiger partial charge in [-0.2, -0.15) is 4.72 Å². The molecular weight excluding hydrogens is 420 g/mol. The lowest BCUT2D eigenvalue weighted by Gasteiger charge is -2.15. The third-order valence-electron chi connectivity index (χ3n) is 3.83. The van der Waals surface area contributed by atoms with Gasteiger partial charge in [-0.15, -0.1) is 0 Å². The molecule has 0 spiro atoms. The number of hydrogen-bond donors (Lipinski definition) is 2. The summed E-state index contributed by atoms with van der Waals surface area (Å²) in [5.41, 5.74) is 1.22. The highest BCUT2D eigenvalue weighted by Crippen LogP contribution is 2.27. The van der Waals surface area contributed by atoms with Crippen molar-refractivity contribution >= 4 is 39.2 Å². The second-order valence-electron chi connectivity index (χ2n) is 6.10. The summed E-state index contributed by atoms with van der Waals surface area (Å²) in [6.07, 6.45) is -1.17. The van der Waals surface area contributed by atoms with Crippen molar-refractivity contribution in [3.05, 3.63) is 53.1 Å². The number of carbonyl (C=O) groups excluding carboxylic acids is 2. The molecule has 8 nitrogen and oxygen atoms in total. The standard InChI is InChI=1S/C19H21ClN2O6S/c1-12-4-7-15(8-5-12)29(25,26)21-11-18(23)28-13(2)19(24)22-16-10-14(20)6-9-17(16)27-3/h4-10,13,21H,11H2,1-3H3,(H,22,24)/t13-/m0/s1. The van der Waals surface area contributed by atoms with Gasteiger partial charge in [0.05, 0.1) is 17.7 Å². The number of methoxy groups -OCH3 is 1. The molecule has 0 heterocycles. The fourth-order valence-electron chi connectivity index (χ4n) is 2.26. The van der Waals surface area contributed by atoms with E-state index in [1.165, 1.54) is 32.2 Å². The summed E-state index contributed by atoms with van der Waals surface area (Å²) in [6.45, 7) is 2.57. The van der Waals surface area contributed by atoms with E-state index >= 15 is 0 Å². The van der Waals surface area contributed by atoms with E-state index in [0.29, 0.717) is 16.5 Å². The minimum absolute atomic E-state index is 0.0229. The molecule has 29 heavy (non-hydrogen) atoms. The highest BCUT2D eigenvalue weighted by molar-refractivity contribution is 7.89.